The monoisotopic (exact) mass is 334 g/mol. The van der Waals surface area contributed by atoms with Gasteiger partial charge in [0.25, 0.3) is 0 Å². The van der Waals surface area contributed by atoms with Crippen molar-refractivity contribution in [3.63, 3.8) is 0 Å². The minimum absolute atomic E-state index is 0.0943. The van der Waals surface area contributed by atoms with Crippen LogP contribution in [0.4, 0.5) is 0 Å². The maximum Gasteiger partial charge on any atom is 0.172 e. The van der Waals surface area contributed by atoms with Crippen molar-refractivity contribution in [2.24, 2.45) is 0 Å². The number of terminal acetylenes is 1. The van der Waals surface area contributed by atoms with Gasteiger partial charge in [0, 0.05) is 7.11 Å². The minimum Gasteiger partial charge on any atom is -0.361 e. The van der Waals surface area contributed by atoms with E-state index in [0.29, 0.717) is 6.61 Å². The third-order valence-corrected chi connectivity index (χ3v) is 4.13. The van der Waals surface area contributed by atoms with Crippen molar-refractivity contribution in [1.29, 1.82) is 0 Å². The summed E-state index contributed by atoms with van der Waals surface area (Å²) in [6.07, 6.45) is 4.15. The Morgan fingerprint density at radius 1 is 1.47 bits per heavy atom. The number of alkyl halides is 1. The van der Waals surface area contributed by atoms with E-state index >= 15 is 0 Å². The molecule has 5 atom stereocenters. The molecule has 0 bridgehead atoms. The molecule has 2 rings (SSSR count). The Morgan fingerprint density at radius 3 is 2.74 bits per heavy atom. The predicted molar refractivity (Wildman–Crippen MR) is 71.9 cm³/mol. The topological polar surface area (TPSA) is 46.2 Å². The van der Waals surface area contributed by atoms with Gasteiger partial charge in [-0.05, 0) is 13.8 Å². The molecule has 0 aromatic rings. The smallest absolute Gasteiger partial charge is 0.172 e. The van der Waals surface area contributed by atoms with Crippen molar-refractivity contribution >= 4 is 15.9 Å². The van der Waals surface area contributed by atoms with E-state index < -0.39 is 5.79 Å². The molecule has 0 aliphatic carbocycles. The summed E-state index contributed by atoms with van der Waals surface area (Å²) in [4.78, 5) is -0.0943. The molecule has 0 N–H and O–H groups in total. The normalized spacial score (nSPS) is 41.3. The lowest BCUT2D eigenvalue weighted by atomic mass is 10.1. The molecule has 2 heterocycles. The van der Waals surface area contributed by atoms with Crippen molar-refractivity contribution in [3.8, 4) is 12.3 Å². The summed E-state index contributed by atoms with van der Waals surface area (Å²) in [6.45, 7) is 4.43. The lowest BCUT2D eigenvalue weighted by molar-refractivity contribution is -0.181. The molecule has 2 aliphatic heterocycles. The Labute approximate surface area is 122 Å². The minimum atomic E-state index is -0.600. The summed E-state index contributed by atoms with van der Waals surface area (Å²) < 4.78 is 28.2. The molecule has 6 heteroatoms. The van der Waals surface area contributed by atoms with Gasteiger partial charge >= 0.3 is 0 Å². The van der Waals surface area contributed by atoms with Crippen LogP contribution >= 0.6 is 15.9 Å². The quantitative estimate of drug-likeness (QED) is 0.572. The Balaban J connectivity index is 2.06. The highest BCUT2D eigenvalue weighted by Gasteiger charge is 2.51. The molecule has 2 fully saturated rings. The summed E-state index contributed by atoms with van der Waals surface area (Å²) in [5.74, 6) is 1.86. The largest absolute Gasteiger partial charge is 0.361 e. The van der Waals surface area contributed by atoms with Crippen LogP contribution in [0.1, 0.15) is 13.8 Å². The van der Waals surface area contributed by atoms with Gasteiger partial charge in [0.15, 0.2) is 12.1 Å². The lowest BCUT2D eigenvalue weighted by Gasteiger charge is -2.24. The van der Waals surface area contributed by atoms with Crippen molar-refractivity contribution in [1.82, 2.24) is 0 Å². The van der Waals surface area contributed by atoms with Crippen LogP contribution in [0, 0.1) is 12.3 Å². The molecule has 0 aromatic carbocycles. The summed E-state index contributed by atoms with van der Waals surface area (Å²) in [5, 5.41) is 0. The van der Waals surface area contributed by atoms with Crippen molar-refractivity contribution < 1.29 is 23.7 Å². The lowest BCUT2D eigenvalue weighted by Crippen LogP contribution is -2.41. The second kappa shape index (κ2) is 6.08. The van der Waals surface area contributed by atoms with Crippen LogP contribution in [0.5, 0.6) is 0 Å². The Bertz CT molecular complexity index is 353. The fourth-order valence-electron chi connectivity index (χ4n) is 2.34. The molecule has 0 amide bonds. The van der Waals surface area contributed by atoms with E-state index in [1.165, 1.54) is 0 Å². The van der Waals surface area contributed by atoms with Crippen LogP contribution < -0.4 is 0 Å². The first-order valence-electron chi connectivity index (χ1n) is 6.17. The van der Waals surface area contributed by atoms with Crippen LogP contribution in [-0.4, -0.2) is 55.5 Å². The second-order valence-electron chi connectivity index (χ2n) is 5.00. The van der Waals surface area contributed by atoms with E-state index in [1.807, 2.05) is 13.8 Å². The van der Waals surface area contributed by atoms with Crippen molar-refractivity contribution in [2.45, 2.75) is 49.1 Å². The number of hydrogen-bond donors (Lipinski definition) is 0. The molecule has 2 aliphatic rings. The number of ether oxygens (including phenoxy) is 5. The molecule has 0 unspecified atom stereocenters. The van der Waals surface area contributed by atoms with Gasteiger partial charge < -0.3 is 23.7 Å². The second-order valence-corrected chi connectivity index (χ2v) is 6.05. The van der Waals surface area contributed by atoms with E-state index in [-0.39, 0.29) is 36.0 Å². The molecular weight excluding hydrogens is 316 g/mol. The Hall–Kier alpha value is -0.160. The highest BCUT2D eigenvalue weighted by Crippen LogP contribution is 2.36. The standard InChI is InChI=1S/C13H19BrO5/c1-5-6-16-11-9(14)12(15-4)18-10(11)8-7-17-13(2,3)19-8/h1,8-12H,6-7H2,2-4H3/t8-,9+,10+,11+,12-/m0/s1. The SMILES string of the molecule is C#CCO[C@@H]1[C@@H](Br)[C@@H](OC)O[C@@H]1[C@@H]1COC(C)(C)O1. The molecule has 19 heavy (non-hydrogen) atoms. The van der Waals surface area contributed by atoms with Gasteiger partial charge in [0.05, 0.1) is 11.4 Å². The Kier molecular flexibility index (Phi) is 4.88. The van der Waals surface area contributed by atoms with E-state index in [0.717, 1.165) is 0 Å². The van der Waals surface area contributed by atoms with Gasteiger partial charge in [0.2, 0.25) is 0 Å². The first-order valence-corrected chi connectivity index (χ1v) is 7.09. The zero-order valence-electron chi connectivity index (χ0n) is 11.3. The van der Waals surface area contributed by atoms with Crippen LogP contribution in [0.15, 0.2) is 0 Å². The molecule has 0 spiro atoms. The third-order valence-electron chi connectivity index (χ3n) is 3.18. The van der Waals surface area contributed by atoms with Crippen LogP contribution in [-0.2, 0) is 23.7 Å². The first kappa shape index (κ1) is 15.2. The average molecular weight is 335 g/mol. The van der Waals surface area contributed by atoms with Crippen molar-refractivity contribution in [3.05, 3.63) is 0 Å². The molecule has 108 valence electrons. The van der Waals surface area contributed by atoms with E-state index in [4.69, 9.17) is 30.1 Å². The summed E-state index contributed by atoms with van der Waals surface area (Å²) in [6, 6.07) is 0. The number of rotatable bonds is 4. The predicted octanol–water partition coefficient (Wildman–Crippen LogP) is 1.29. The van der Waals surface area contributed by atoms with Gasteiger partial charge in [0.1, 0.15) is 24.9 Å². The van der Waals surface area contributed by atoms with Crippen LogP contribution in [0.25, 0.3) is 0 Å². The number of methoxy groups -OCH3 is 1. The fraction of sp³-hybridized carbons (Fsp3) is 0.846. The maximum atomic E-state index is 5.84. The fourth-order valence-corrected chi connectivity index (χ4v) is 3.13. The molecule has 5 nitrogen and oxygen atoms in total. The summed E-state index contributed by atoms with van der Waals surface area (Å²) >= 11 is 3.54. The summed E-state index contributed by atoms with van der Waals surface area (Å²) in [5.41, 5.74) is 0. The van der Waals surface area contributed by atoms with Gasteiger partial charge in [-0.3, -0.25) is 0 Å². The van der Waals surface area contributed by atoms with Crippen LogP contribution in [0.3, 0.4) is 0 Å². The van der Waals surface area contributed by atoms with Gasteiger partial charge in [-0.15, -0.1) is 6.42 Å². The molecule has 0 aromatic heterocycles. The maximum absolute atomic E-state index is 5.84. The van der Waals surface area contributed by atoms with Gasteiger partial charge in [-0.25, -0.2) is 0 Å². The number of halogens is 1. The molecule has 0 radical (unpaired) electrons. The highest BCUT2D eigenvalue weighted by molar-refractivity contribution is 9.09. The van der Waals surface area contributed by atoms with Gasteiger partial charge in [-0.2, -0.15) is 0 Å². The highest BCUT2D eigenvalue weighted by atomic mass is 79.9. The zero-order valence-corrected chi connectivity index (χ0v) is 12.9. The third kappa shape index (κ3) is 3.30. The van der Waals surface area contributed by atoms with E-state index in [2.05, 4.69) is 21.9 Å². The van der Waals surface area contributed by atoms with Gasteiger partial charge in [-0.1, -0.05) is 21.9 Å². The Morgan fingerprint density at radius 2 is 2.21 bits per heavy atom. The first-order chi connectivity index (χ1) is 8.98. The molecule has 0 saturated carbocycles. The number of hydrogen-bond acceptors (Lipinski definition) is 5. The molecular formula is C13H19BrO5. The van der Waals surface area contributed by atoms with E-state index in [1.54, 1.807) is 7.11 Å². The van der Waals surface area contributed by atoms with Crippen molar-refractivity contribution in [2.75, 3.05) is 20.3 Å². The van der Waals surface area contributed by atoms with Crippen LogP contribution in [0.2, 0.25) is 0 Å². The summed E-state index contributed by atoms with van der Waals surface area (Å²) in [7, 11) is 1.59. The average Bonchev–Trinajstić information content (AvgIpc) is 2.87. The molecule has 2 saturated heterocycles. The van der Waals surface area contributed by atoms with E-state index in [9.17, 15) is 0 Å². The zero-order chi connectivity index (χ0) is 14.0.